The molecule has 5 nitrogen and oxygen atoms in total. The maximum Gasteiger partial charge on any atom is 0.306 e. The second-order valence-electron chi connectivity index (χ2n) is 15.6. The first-order valence-electron chi connectivity index (χ1n) is 21.2. The van der Waals surface area contributed by atoms with Gasteiger partial charge in [-0.05, 0) is 70.6 Å². The van der Waals surface area contributed by atoms with Crippen LogP contribution in [0.1, 0.15) is 206 Å². The lowest BCUT2D eigenvalue weighted by Gasteiger charge is -2.25. The second-order valence-corrected chi connectivity index (χ2v) is 15.6. The Morgan fingerprint density at radius 1 is 0.490 bits per heavy atom. The third kappa shape index (κ3) is 39.0. The Morgan fingerprint density at radius 3 is 1.27 bits per heavy atom. The zero-order chi connectivity index (χ0) is 36.1. The van der Waals surface area contributed by atoms with Crippen molar-refractivity contribution < 1.29 is 23.5 Å². The summed E-state index contributed by atoms with van der Waals surface area (Å²) in [5, 5.41) is 0. The van der Waals surface area contributed by atoms with E-state index in [0.29, 0.717) is 12.8 Å². The molecule has 0 saturated heterocycles. The fourth-order valence-corrected chi connectivity index (χ4v) is 6.15. The molecule has 0 spiro atoms. The highest BCUT2D eigenvalue weighted by Gasteiger charge is 2.18. The maximum absolute atomic E-state index is 12.6. The first-order chi connectivity index (χ1) is 23.8. The molecule has 0 heterocycles. The number of ether oxygens (including phenoxy) is 2. The molecular weight excluding hydrogens is 606 g/mol. The van der Waals surface area contributed by atoms with E-state index in [-0.39, 0.29) is 24.6 Å². The summed E-state index contributed by atoms with van der Waals surface area (Å²) in [5.74, 6) is -0.316. The van der Waals surface area contributed by atoms with Crippen LogP contribution in [-0.4, -0.2) is 56.8 Å². The highest BCUT2D eigenvalue weighted by molar-refractivity contribution is 5.70. The quantitative estimate of drug-likeness (QED) is 0.0282. The Labute approximate surface area is 306 Å². The van der Waals surface area contributed by atoms with E-state index in [1.807, 2.05) is 0 Å². The van der Waals surface area contributed by atoms with Gasteiger partial charge in [0.1, 0.15) is 12.7 Å². The van der Waals surface area contributed by atoms with E-state index in [0.717, 1.165) is 49.6 Å². The number of esters is 2. The summed E-state index contributed by atoms with van der Waals surface area (Å²) in [6, 6.07) is 0. The summed E-state index contributed by atoms with van der Waals surface area (Å²) >= 11 is 0. The van der Waals surface area contributed by atoms with Crippen molar-refractivity contribution in [3.63, 3.8) is 0 Å². The predicted octanol–water partition coefficient (Wildman–Crippen LogP) is 13.0. The normalized spacial score (nSPS) is 12.7. The molecule has 0 saturated carbocycles. The minimum absolute atomic E-state index is 0.152. The lowest BCUT2D eigenvalue weighted by Crippen LogP contribution is -2.36. The number of allylic oxidation sites excluding steroid dienone is 4. The van der Waals surface area contributed by atoms with Crippen LogP contribution in [0.4, 0.5) is 0 Å². The van der Waals surface area contributed by atoms with Crippen molar-refractivity contribution in [3.05, 3.63) is 24.3 Å². The number of rotatable bonds is 37. The van der Waals surface area contributed by atoms with Crippen molar-refractivity contribution in [2.45, 2.75) is 213 Å². The number of hydrogen-bond donors (Lipinski definition) is 0. The molecule has 0 aliphatic carbocycles. The molecule has 5 heteroatoms. The number of carbonyl (C=O) groups excluding carboxylic acids is 2. The molecular formula is C44H84NO4+. The summed E-state index contributed by atoms with van der Waals surface area (Å²) in [7, 11) is 6.51. The number of quaternary nitrogens is 1. The number of unbranched alkanes of at least 4 members (excludes halogenated alkanes) is 22. The summed E-state index contributed by atoms with van der Waals surface area (Å²) in [6.45, 7) is 5.71. The van der Waals surface area contributed by atoms with Crippen LogP contribution in [0.25, 0.3) is 0 Å². The van der Waals surface area contributed by atoms with Crippen LogP contribution in [0.15, 0.2) is 24.3 Å². The molecule has 1 atom stereocenters. The molecule has 0 aliphatic rings. The zero-order valence-electron chi connectivity index (χ0n) is 33.6. The molecule has 0 fully saturated rings. The third-order valence-electron chi connectivity index (χ3n) is 9.37. The van der Waals surface area contributed by atoms with Crippen LogP contribution < -0.4 is 0 Å². The summed E-state index contributed by atoms with van der Waals surface area (Å²) in [4.78, 5) is 25.1. The van der Waals surface area contributed by atoms with Crippen LogP contribution in [0.2, 0.25) is 0 Å². The van der Waals surface area contributed by atoms with Gasteiger partial charge in [0, 0.05) is 19.3 Å². The molecule has 0 aromatic carbocycles. The molecule has 0 aromatic rings. The van der Waals surface area contributed by atoms with E-state index in [2.05, 4.69) is 59.3 Å². The molecule has 0 N–H and O–H groups in total. The molecule has 288 valence electrons. The van der Waals surface area contributed by atoms with Crippen LogP contribution in [-0.2, 0) is 19.1 Å². The summed E-state index contributed by atoms with van der Waals surface area (Å²) < 4.78 is 12.3. The topological polar surface area (TPSA) is 52.6 Å². The number of hydrogen-bond acceptors (Lipinski definition) is 4. The summed E-state index contributed by atoms with van der Waals surface area (Å²) in [6.07, 6.45) is 43.9. The minimum Gasteiger partial charge on any atom is -0.462 e. The molecule has 0 aliphatic heterocycles. The van der Waals surface area contributed by atoms with E-state index in [9.17, 15) is 9.59 Å². The molecule has 49 heavy (non-hydrogen) atoms. The van der Waals surface area contributed by atoms with Crippen LogP contribution in [0.5, 0.6) is 0 Å². The largest absolute Gasteiger partial charge is 0.462 e. The van der Waals surface area contributed by atoms with Crippen molar-refractivity contribution in [1.29, 1.82) is 0 Å². The second kappa shape index (κ2) is 36.2. The Kier molecular flexibility index (Phi) is 35.0. The van der Waals surface area contributed by atoms with Crippen molar-refractivity contribution >= 4 is 11.9 Å². The average molecular weight is 691 g/mol. The third-order valence-corrected chi connectivity index (χ3v) is 9.37. The SMILES string of the molecule is CCCCCCCCC=CCCCCCCCC(=O)OC[C@@H](CCC[N+](C)(C)C)OC(=O)CCCCCCCC=CCCCCCCCC. The first-order valence-corrected chi connectivity index (χ1v) is 21.2. The number of nitrogens with zero attached hydrogens (tertiary/aromatic N) is 1. The van der Waals surface area contributed by atoms with Crippen molar-refractivity contribution in [1.82, 2.24) is 0 Å². The Balaban J connectivity index is 4.02. The summed E-state index contributed by atoms with van der Waals surface area (Å²) in [5.41, 5.74) is 0. The van der Waals surface area contributed by atoms with Crippen LogP contribution >= 0.6 is 0 Å². The fraction of sp³-hybridized carbons (Fsp3) is 0.864. The number of carbonyl (C=O) groups is 2. The Morgan fingerprint density at radius 2 is 0.857 bits per heavy atom. The van der Waals surface area contributed by atoms with Gasteiger partial charge in [-0.15, -0.1) is 0 Å². The Hall–Kier alpha value is -1.62. The lowest BCUT2D eigenvalue weighted by atomic mass is 10.1. The van der Waals surface area contributed by atoms with E-state index < -0.39 is 0 Å². The monoisotopic (exact) mass is 691 g/mol. The predicted molar refractivity (Wildman–Crippen MR) is 212 cm³/mol. The van der Waals surface area contributed by atoms with E-state index in [4.69, 9.17) is 9.47 Å². The van der Waals surface area contributed by atoms with Crippen molar-refractivity contribution in [3.8, 4) is 0 Å². The van der Waals surface area contributed by atoms with Gasteiger partial charge in [-0.1, -0.05) is 141 Å². The molecule has 0 bridgehead atoms. The van der Waals surface area contributed by atoms with Gasteiger partial charge in [-0.2, -0.15) is 0 Å². The fourth-order valence-electron chi connectivity index (χ4n) is 6.15. The van der Waals surface area contributed by atoms with E-state index >= 15 is 0 Å². The van der Waals surface area contributed by atoms with Gasteiger partial charge in [0.25, 0.3) is 0 Å². The molecule has 0 aromatic heterocycles. The van der Waals surface area contributed by atoms with E-state index in [1.165, 1.54) is 141 Å². The highest BCUT2D eigenvalue weighted by atomic mass is 16.6. The standard InChI is InChI=1S/C44H84NO4/c1-6-8-10-12-14-16-18-20-22-24-26-28-30-32-34-38-43(46)48-41-42(37-36-40-45(3,4)5)49-44(47)39-35-33-31-29-27-25-23-21-19-17-15-13-11-9-7-2/h20-23,42H,6-19,24-41H2,1-5H3/q+1/t42-/m1/s1. The van der Waals surface area contributed by atoms with Gasteiger partial charge in [0.05, 0.1) is 27.7 Å². The van der Waals surface area contributed by atoms with Gasteiger partial charge in [0.2, 0.25) is 0 Å². The maximum atomic E-state index is 12.6. The molecule has 0 amide bonds. The lowest BCUT2D eigenvalue weighted by molar-refractivity contribution is -0.870. The van der Waals surface area contributed by atoms with Crippen molar-refractivity contribution in [2.75, 3.05) is 34.3 Å². The highest BCUT2D eigenvalue weighted by Crippen LogP contribution is 2.14. The minimum atomic E-state index is -0.347. The Bertz CT molecular complexity index is 784. The van der Waals surface area contributed by atoms with Gasteiger partial charge >= 0.3 is 11.9 Å². The van der Waals surface area contributed by atoms with Crippen molar-refractivity contribution in [2.24, 2.45) is 0 Å². The first kappa shape index (κ1) is 47.4. The van der Waals surface area contributed by atoms with Gasteiger partial charge in [-0.25, -0.2) is 0 Å². The van der Waals surface area contributed by atoms with Crippen LogP contribution in [0, 0.1) is 0 Å². The van der Waals surface area contributed by atoms with Gasteiger partial charge < -0.3 is 14.0 Å². The zero-order valence-corrected chi connectivity index (χ0v) is 33.6. The van der Waals surface area contributed by atoms with Gasteiger partial charge in [-0.3, -0.25) is 9.59 Å². The van der Waals surface area contributed by atoms with E-state index in [1.54, 1.807) is 0 Å². The molecule has 0 unspecified atom stereocenters. The molecule has 0 radical (unpaired) electrons. The molecule has 0 rings (SSSR count). The smallest absolute Gasteiger partial charge is 0.306 e. The van der Waals surface area contributed by atoms with Crippen LogP contribution in [0.3, 0.4) is 0 Å². The average Bonchev–Trinajstić information content (AvgIpc) is 3.06. The van der Waals surface area contributed by atoms with Gasteiger partial charge in [0.15, 0.2) is 0 Å².